The molecule has 3 aromatic rings. The lowest BCUT2D eigenvalue weighted by Crippen LogP contribution is -2.24. The molecule has 0 spiro atoms. The van der Waals surface area contributed by atoms with E-state index in [1.54, 1.807) is 37.0 Å². The molecule has 25 heavy (non-hydrogen) atoms. The number of carbonyl (C=O) groups excluding carboxylic acids is 2. The molecule has 0 aliphatic carbocycles. The maximum atomic E-state index is 12.0. The molecule has 0 saturated carbocycles. The monoisotopic (exact) mass is 335 g/mol. The molecule has 1 aromatic carbocycles. The van der Waals surface area contributed by atoms with Crippen LogP contribution in [0.3, 0.4) is 0 Å². The maximum Gasteiger partial charge on any atom is 0.226 e. The normalized spacial score (nSPS) is 16.4. The van der Waals surface area contributed by atoms with Gasteiger partial charge in [-0.1, -0.05) is 24.3 Å². The van der Waals surface area contributed by atoms with Crippen molar-refractivity contribution in [2.75, 3.05) is 5.32 Å². The first-order valence-electron chi connectivity index (χ1n) is 8.06. The van der Waals surface area contributed by atoms with Gasteiger partial charge in [0.2, 0.25) is 5.91 Å². The van der Waals surface area contributed by atoms with Gasteiger partial charge in [0.1, 0.15) is 17.3 Å². The molecule has 3 heterocycles. The molecule has 0 radical (unpaired) electrons. The lowest BCUT2D eigenvalue weighted by Gasteiger charge is -2.21. The van der Waals surface area contributed by atoms with Gasteiger partial charge in [-0.15, -0.1) is 0 Å². The van der Waals surface area contributed by atoms with Crippen molar-refractivity contribution in [3.05, 3.63) is 59.5 Å². The molecule has 0 saturated heterocycles. The zero-order valence-electron chi connectivity index (χ0n) is 13.9. The number of aromatic nitrogens is 2. The van der Waals surface area contributed by atoms with Gasteiger partial charge < -0.3 is 9.73 Å². The Labute approximate surface area is 144 Å². The van der Waals surface area contributed by atoms with Crippen LogP contribution in [0.1, 0.15) is 40.9 Å². The predicted octanol–water partition coefficient (Wildman–Crippen LogP) is 3.36. The van der Waals surface area contributed by atoms with Crippen molar-refractivity contribution in [3.63, 3.8) is 0 Å². The first-order valence-corrected chi connectivity index (χ1v) is 8.06. The number of Topliss-reactive ketones (excluding diaryl/α,β-unsaturated/α-hetero) is 1. The summed E-state index contributed by atoms with van der Waals surface area (Å²) in [4.78, 5) is 23.4. The van der Waals surface area contributed by atoms with Gasteiger partial charge in [0.15, 0.2) is 5.78 Å². The molecule has 1 amide bonds. The third-order valence-corrected chi connectivity index (χ3v) is 4.54. The molecule has 6 nitrogen and oxygen atoms in total. The standard InChI is InChI=1S/C19H17N3O3/c1-11(23)12-3-5-13(6-4-12)16-7-8-17(25-16)14-9-18(24)21-19-15(14)10-20-22(19)2/h3-8,10,14H,9H2,1-2H3,(H,21,24)/t14-/m1/s1. The van der Waals surface area contributed by atoms with Gasteiger partial charge in [-0.25, -0.2) is 0 Å². The van der Waals surface area contributed by atoms with Crippen LogP contribution in [0.5, 0.6) is 0 Å². The summed E-state index contributed by atoms with van der Waals surface area (Å²) in [6.07, 6.45) is 2.10. The van der Waals surface area contributed by atoms with Crippen molar-refractivity contribution >= 4 is 17.5 Å². The molecule has 0 bridgehead atoms. The van der Waals surface area contributed by atoms with Crippen LogP contribution < -0.4 is 5.32 Å². The highest BCUT2D eigenvalue weighted by molar-refractivity contribution is 5.95. The lowest BCUT2D eigenvalue weighted by molar-refractivity contribution is -0.116. The second-order valence-electron chi connectivity index (χ2n) is 6.21. The Kier molecular flexibility index (Phi) is 3.53. The van der Waals surface area contributed by atoms with Crippen LogP contribution in [-0.2, 0) is 11.8 Å². The van der Waals surface area contributed by atoms with Crippen LogP contribution in [0.2, 0.25) is 0 Å². The van der Waals surface area contributed by atoms with Gasteiger partial charge >= 0.3 is 0 Å². The average molecular weight is 335 g/mol. The molecule has 1 atom stereocenters. The van der Waals surface area contributed by atoms with E-state index in [1.807, 2.05) is 24.3 Å². The van der Waals surface area contributed by atoms with E-state index in [-0.39, 0.29) is 17.6 Å². The van der Waals surface area contributed by atoms with Crippen molar-refractivity contribution in [3.8, 4) is 11.3 Å². The number of ketones is 1. The fraction of sp³-hybridized carbons (Fsp3) is 0.211. The Balaban J connectivity index is 1.67. The number of hydrogen-bond donors (Lipinski definition) is 1. The topological polar surface area (TPSA) is 77.1 Å². The number of nitrogens with one attached hydrogen (secondary N) is 1. The zero-order chi connectivity index (χ0) is 17.6. The Morgan fingerprint density at radius 2 is 2.00 bits per heavy atom. The zero-order valence-corrected chi connectivity index (χ0v) is 13.9. The number of benzene rings is 1. The number of rotatable bonds is 3. The number of hydrogen-bond acceptors (Lipinski definition) is 4. The van der Waals surface area contributed by atoms with E-state index < -0.39 is 0 Å². The number of carbonyl (C=O) groups is 2. The fourth-order valence-electron chi connectivity index (χ4n) is 3.16. The molecule has 4 rings (SSSR count). The Morgan fingerprint density at radius 3 is 2.72 bits per heavy atom. The van der Waals surface area contributed by atoms with Crippen molar-refractivity contribution < 1.29 is 14.0 Å². The molecule has 0 unspecified atom stereocenters. The van der Waals surface area contributed by atoms with Gasteiger partial charge in [0.25, 0.3) is 0 Å². The quantitative estimate of drug-likeness (QED) is 0.745. The molecule has 1 N–H and O–H groups in total. The van der Waals surface area contributed by atoms with Crippen LogP contribution in [0, 0.1) is 0 Å². The van der Waals surface area contributed by atoms with E-state index in [4.69, 9.17) is 4.42 Å². The van der Waals surface area contributed by atoms with Gasteiger partial charge in [-0.2, -0.15) is 5.10 Å². The highest BCUT2D eigenvalue weighted by Gasteiger charge is 2.31. The summed E-state index contributed by atoms with van der Waals surface area (Å²) in [6.45, 7) is 1.54. The summed E-state index contributed by atoms with van der Waals surface area (Å²) in [5.74, 6) is 1.98. The fourth-order valence-corrected chi connectivity index (χ4v) is 3.16. The van der Waals surface area contributed by atoms with Crippen molar-refractivity contribution in [2.45, 2.75) is 19.3 Å². The van der Waals surface area contributed by atoms with E-state index in [9.17, 15) is 9.59 Å². The van der Waals surface area contributed by atoms with Crippen LogP contribution in [-0.4, -0.2) is 21.5 Å². The Morgan fingerprint density at radius 1 is 1.24 bits per heavy atom. The summed E-state index contributed by atoms with van der Waals surface area (Å²) in [7, 11) is 1.80. The number of nitrogens with zero attached hydrogens (tertiary/aromatic N) is 2. The van der Waals surface area contributed by atoms with Crippen LogP contribution in [0.25, 0.3) is 11.3 Å². The van der Waals surface area contributed by atoms with Crippen molar-refractivity contribution in [2.24, 2.45) is 7.05 Å². The van der Waals surface area contributed by atoms with E-state index in [0.29, 0.717) is 23.6 Å². The third kappa shape index (κ3) is 2.65. The first kappa shape index (κ1) is 15.4. The molecule has 1 aliphatic heterocycles. The first-order chi connectivity index (χ1) is 12.0. The van der Waals surface area contributed by atoms with Crippen molar-refractivity contribution in [1.29, 1.82) is 0 Å². The SMILES string of the molecule is CC(=O)c1ccc(-c2ccc([C@@H]3CC(=O)Nc4c3cnn4C)o2)cc1. The molecular weight excluding hydrogens is 318 g/mol. The third-order valence-electron chi connectivity index (χ3n) is 4.54. The molecular formula is C19H17N3O3. The second kappa shape index (κ2) is 5.73. The largest absolute Gasteiger partial charge is 0.460 e. The Bertz CT molecular complexity index is 966. The number of amides is 1. The second-order valence-corrected chi connectivity index (χ2v) is 6.21. The number of fused-ring (bicyclic) bond motifs is 1. The molecule has 6 heteroatoms. The van der Waals surface area contributed by atoms with E-state index >= 15 is 0 Å². The van der Waals surface area contributed by atoms with E-state index in [2.05, 4.69) is 10.4 Å². The van der Waals surface area contributed by atoms with Gasteiger partial charge in [-0.3, -0.25) is 14.3 Å². The summed E-state index contributed by atoms with van der Waals surface area (Å²) >= 11 is 0. The van der Waals surface area contributed by atoms with E-state index in [0.717, 1.165) is 16.9 Å². The molecule has 126 valence electrons. The smallest absolute Gasteiger partial charge is 0.226 e. The van der Waals surface area contributed by atoms with E-state index in [1.165, 1.54) is 0 Å². The highest BCUT2D eigenvalue weighted by atomic mass is 16.3. The van der Waals surface area contributed by atoms with Crippen LogP contribution >= 0.6 is 0 Å². The van der Waals surface area contributed by atoms with Crippen LogP contribution in [0.4, 0.5) is 5.82 Å². The summed E-state index contributed by atoms with van der Waals surface area (Å²) < 4.78 is 7.68. The molecule has 0 fully saturated rings. The van der Waals surface area contributed by atoms with Crippen molar-refractivity contribution in [1.82, 2.24) is 9.78 Å². The van der Waals surface area contributed by atoms with Gasteiger partial charge in [0.05, 0.1) is 12.1 Å². The lowest BCUT2D eigenvalue weighted by atomic mass is 9.92. The van der Waals surface area contributed by atoms with Crippen LogP contribution in [0.15, 0.2) is 47.0 Å². The molecule has 2 aromatic heterocycles. The number of furan rings is 1. The summed E-state index contributed by atoms with van der Waals surface area (Å²) in [6, 6.07) is 11.1. The summed E-state index contributed by atoms with van der Waals surface area (Å²) in [5, 5.41) is 7.08. The minimum atomic E-state index is -0.150. The minimum Gasteiger partial charge on any atom is -0.460 e. The maximum absolute atomic E-state index is 12.0. The Hall–Kier alpha value is -3.15. The minimum absolute atomic E-state index is 0.0315. The number of aryl methyl sites for hydroxylation is 1. The van der Waals surface area contributed by atoms with Gasteiger partial charge in [-0.05, 0) is 19.1 Å². The average Bonchev–Trinajstić information content (AvgIpc) is 3.22. The predicted molar refractivity (Wildman–Crippen MR) is 92.4 cm³/mol. The summed E-state index contributed by atoms with van der Waals surface area (Å²) in [5.41, 5.74) is 2.51. The molecule has 1 aliphatic rings. The number of anilines is 1. The highest BCUT2D eigenvalue weighted by Crippen LogP contribution is 2.38. The van der Waals surface area contributed by atoms with Gasteiger partial charge in [0, 0.05) is 30.2 Å².